The summed E-state index contributed by atoms with van der Waals surface area (Å²) in [5.74, 6) is -0.0467. The minimum Gasteiger partial charge on any atom is -0.462 e. The number of aryl methyl sites for hydroxylation is 1. The largest absolute Gasteiger partial charge is 0.462 e. The lowest BCUT2D eigenvalue weighted by Gasteiger charge is -2.06. The summed E-state index contributed by atoms with van der Waals surface area (Å²) in [4.78, 5) is 11.5. The second kappa shape index (κ2) is 4.41. The second-order valence-electron chi connectivity index (χ2n) is 3.50. The van der Waals surface area contributed by atoms with Gasteiger partial charge in [0.25, 0.3) is 0 Å². The molecule has 0 radical (unpaired) electrons. The fourth-order valence-corrected chi connectivity index (χ4v) is 1.60. The van der Waals surface area contributed by atoms with E-state index in [1.54, 1.807) is 6.92 Å². The summed E-state index contributed by atoms with van der Waals surface area (Å²) in [6.45, 7) is 6.12. The number of nitrogens with zero attached hydrogens (tertiary/aromatic N) is 1. The predicted molar refractivity (Wildman–Crippen MR) is 56.4 cm³/mol. The first-order valence-corrected chi connectivity index (χ1v) is 5.18. The maximum absolute atomic E-state index is 11.5. The van der Waals surface area contributed by atoms with Crippen molar-refractivity contribution in [3.05, 3.63) is 11.3 Å². The van der Waals surface area contributed by atoms with Crippen molar-refractivity contribution in [2.24, 2.45) is 5.92 Å². The Kier molecular flexibility index (Phi) is 3.46. The second-order valence-corrected chi connectivity index (χ2v) is 4.30. The number of hydrogen-bond donors (Lipinski definition) is 1. The van der Waals surface area contributed by atoms with Crippen molar-refractivity contribution < 1.29 is 9.53 Å². The van der Waals surface area contributed by atoms with E-state index in [4.69, 9.17) is 10.5 Å². The molecule has 0 aliphatic heterocycles. The lowest BCUT2D eigenvalue weighted by Crippen LogP contribution is -2.11. The van der Waals surface area contributed by atoms with Crippen LogP contribution in [-0.4, -0.2) is 16.9 Å². The maximum atomic E-state index is 11.5. The van der Waals surface area contributed by atoms with Gasteiger partial charge in [0, 0.05) is 0 Å². The van der Waals surface area contributed by atoms with Gasteiger partial charge < -0.3 is 10.5 Å². The van der Waals surface area contributed by atoms with Crippen LogP contribution >= 0.6 is 11.5 Å². The smallest absolute Gasteiger partial charge is 0.343 e. The van der Waals surface area contributed by atoms with Gasteiger partial charge >= 0.3 is 5.97 Å². The van der Waals surface area contributed by atoms with Crippen LogP contribution in [0.25, 0.3) is 0 Å². The van der Waals surface area contributed by atoms with E-state index in [1.807, 2.05) is 13.8 Å². The third kappa shape index (κ3) is 2.45. The average molecular weight is 214 g/mol. The van der Waals surface area contributed by atoms with Gasteiger partial charge in [0.2, 0.25) is 0 Å². The highest BCUT2D eigenvalue weighted by molar-refractivity contribution is 7.10. The zero-order chi connectivity index (χ0) is 10.7. The Morgan fingerprint density at radius 2 is 2.29 bits per heavy atom. The standard InChI is InChI=1S/C9H14N2O2S/c1-5(2)4-13-9(12)7-6(3)11-14-8(7)10/h5H,4,10H2,1-3H3. The van der Waals surface area contributed by atoms with Crippen LogP contribution in [0.15, 0.2) is 0 Å². The molecule has 2 N–H and O–H groups in total. The van der Waals surface area contributed by atoms with E-state index in [0.717, 1.165) is 11.5 Å². The topological polar surface area (TPSA) is 65.2 Å². The fraction of sp³-hybridized carbons (Fsp3) is 0.556. The fourth-order valence-electron chi connectivity index (χ4n) is 0.950. The van der Waals surface area contributed by atoms with E-state index in [9.17, 15) is 4.79 Å². The normalized spacial score (nSPS) is 10.6. The molecule has 0 unspecified atom stereocenters. The molecular formula is C9H14N2O2S. The molecule has 78 valence electrons. The molecular weight excluding hydrogens is 200 g/mol. The number of nitrogen functional groups attached to an aromatic ring is 1. The van der Waals surface area contributed by atoms with Crippen LogP contribution in [0.5, 0.6) is 0 Å². The molecule has 0 fully saturated rings. The van der Waals surface area contributed by atoms with E-state index >= 15 is 0 Å². The molecule has 0 bridgehead atoms. The van der Waals surface area contributed by atoms with Crippen LogP contribution in [0.3, 0.4) is 0 Å². The van der Waals surface area contributed by atoms with Gasteiger partial charge in [0.05, 0.1) is 12.3 Å². The van der Waals surface area contributed by atoms with E-state index in [0.29, 0.717) is 28.8 Å². The van der Waals surface area contributed by atoms with Crippen molar-refractivity contribution in [1.29, 1.82) is 0 Å². The molecule has 0 aliphatic rings. The molecule has 14 heavy (non-hydrogen) atoms. The van der Waals surface area contributed by atoms with Gasteiger partial charge in [-0.3, -0.25) is 0 Å². The minimum atomic E-state index is -0.373. The zero-order valence-electron chi connectivity index (χ0n) is 8.53. The molecule has 1 aromatic rings. The number of carbonyl (C=O) groups is 1. The van der Waals surface area contributed by atoms with Gasteiger partial charge in [-0.25, -0.2) is 4.79 Å². The summed E-state index contributed by atoms with van der Waals surface area (Å²) >= 11 is 1.12. The Morgan fingerprint density at radius 3 is 2.71 bits per heavy atom. The van der Waals surface area contributed by atoms with Crippen LogP contribution < -0.4 is 5.73 Å². The summed E-state index contributed by atoms with van der Waals surface area (Å²) < 4.78 is 9.04. The zero-order valence-corrected chi connectivity index (χ0v) is 9.35. The Morgan fingerprint density at radius 1 is 1.64 bits per heavy atom. The number of ether oxygens (including phenoxy) is 1. The molecule has 0 atom stereocenters. The number of carbonyl (C=O) groups excluding carboxylic acids is 1. The number of esters is 1. The molecule has 5 heteroatoms. The Balaban J connectivity index is 2.70. The van der Waals surface area contributed by atoms with Crippen molar-refractivity contribution >= 4 is 22.5 Å². The minimum absolute atomic E-state index is 0.326. The predicted octanol–water partition coefficient (Wildman–Crippen LogP) is 1.85. The first kappa shape index (κ1) is 11.0. The Hall–Kier alpha value is -1.10. The molecule has 0 spiro atoms. The van der Waals surface area contributed by atoms with Crippen LogP contribution in [0.4, 0.5) is 5.00 Å². The van der Waals surface area contributed by atoms with E-state index in [1.165, 1.54) is 0 Å². The summed E-state index contributed by atoms with van der Waals surface area (Å²) in [6, 6.07) is 0. The molecule has 0 aromatic carbocycles. The number of hydrogen-bond acceptors (Lipinski definition) is 5. The summed E-state index contributed by atoms with van der Waals surface area (Å²) in [5.41, 5.74) is 6.66. The Bertz CT molecular complexity index is 314. The molecule has 0 aliphatic carbocycles. The van der Waals surface area contributed by atoms with E-state index < -0.39 is 0 Å². The first-order chi connectivity index (χ1) is 6.52. The van der Waals surface area contributed by atoms with Gasteiger partial charge in [-0.05, 0) is 24.4 Å². The van der Waals surface area contributed by atoms with E-state index in [-0.39, 0.29) is 5.97 Å². The monoisotopic (exact) mass is 214 g/mol. The van der Waals surface area contributed by atoms with Crippen molar-refractivity contribution in [2.45, 2.75) is 20.8 Å². The van der Waals surface area contributed by atoms with Crippen LogP contribution in [-0.2, 0) is 4.74 Å². The SMILES string of the molecule is Cc1nsc(N)c1C(=O)OCC(C)C. The van der Waals surface area contributed by atoms with Crippen LogP contribution in [0.2, 0.25) is 0 Å². The highest BCUT2D eigenvalue weighted by Crippen LogP contribution is 2.21. The Labute approximate surface area is 87.2 Å². The number of nitrogens with two attached hydrogens (primary N) is 1. The van der Waals surface area contributed by atoms with Crippen molar-refractivity contribution in [1.82, 2.24) is 4.37 Å². The van der Waals surface area contributed by atoms with Gasteiger partial charge in [-0.15, -0.1) is 0 Å². The molecule has 1 aromatic heterocycles. The van der Waals surface area contributed by atoms with Gasteiger partial charge in [-0.1, -0.05) is 13.8 Å². The highest BCUT2D eigenvalue weighted by Gasteiger charge is 2.17. The highest BCUT2D eigenvalue weighted by atomic mass is 32.1. The molecule has 0 amide bonds. The van der Waals surface area contributed by atoms with Crippen molar-refractivity contribution in [3.8, 4) is 0 Å². The summed E-state index contributed by atoms with van der Waals surface area (Å²) in [6.07, 6.45) is 0. The number of anilines is 1. The van der Waals surface area contributed by atoms with Crippen molar-refractivity contribution in [2.75, 3.05) is 12.3 Å². The molecule has 1 rings (SSSR count). The quantitative estimate of drug-likeness (QED) is 0.780. The van der Waals surface area contributed by atoms with E-state index in [2.05, 4.69) is 4.37 Å². The maximum Gasteiger partial charge on any atom is 0.343 e. The van der Waals surface area contributed by atoms with Crippen molar-refractivity contribution in [3.63, 3.8) is 0 Å². The molecule has 1 heterocycles. The summed E-state index contributed by atoms with van der Waals surface area (Å²) in [7, 11) is 0. The van der Waals surface area contributed by atoms with Gasteiger partial charge in [0.15, 0.2) is 0 Å². The van der Waals surface area contributed by atoms with Crippen LogP contribution in [0.1, 0.15) is 29.9 Å². The third-order valence-electron chi connectivity index (χ3n) is 1.64. The van der Waals surface area contributed by atoms with Gasteiger partial charge in [0.1, 0.15) is 10.6 Å². The number of rotatable bonds is 3. The third-order valence-corrected chi connectivity index (χ3v) is 2.41. The summed E-state index contributed by atoms with van der Waals surface area (Å²) in [5, 5.41) is 0.427. The molecule has 0 saturated heterocycles. The number of aromatic nitrogens is 1. The molecule has 4 nitrogen and oxygen atoms in total. The first-order valence-electron chi connectivity index (χ1n) is 4.41. The van der Waals surface area contributed by atoms with Crippen LogP contribution in [0, 0.1) is 12.8 Å². The van der Waals surface area contributed by atoms with Gasteiger partial charge in [-0.2, -0.15) is 4.37 Å². The molecule has 0 saturated carbocycles. The lowest BCUT2D eigenvalue weighted by atomic mass is 10.2. The lowest BCUT2D eigenvalue weighted by molar-refractivity contribution is 0.0459. The average Bonchev–Trinajstić information content (AvgIpc) is 2.42.